The molecule has 2 aromatic rings. The van der Waals surface area contributed by atoms with Gasteiger partial charge in [0.15, 0.2) is 0 Å². The van der Waals surface area contributed by atoms with Gasteiger partial charge in [0.2, 0.25) is 0 Å². The lowest BCUT2D eigenvalue weighted by atomic mass is 10.1. The topological polar surface area (TPSA) is 54.5 Å². The Labute approximate surface area is 124 Å². The van der Waals surface area contributed by atoms with Gasteiger partial charge in [0.1, 0.15) is 5.82 Å². The number of likely N-dealkylation sites (N-methyl/N-ethyl adjacent to an activating group) is 1. The van der Waals surface area contributed by atoms with E-state index in [9.17, 15) is 4.79 Å². The molecule has 0 aliphatic carbocycles. The minimum absolute atomic E-state index is 0.0645. The predicted molar refractivity (Wildman–Crippen MR) is 84.9 cm³/mol. The Morgan fingerprint density at radius 3 is 2.86 bits per heavy atom. The molecule has 2 rings (SSSR count). The summed E-state index contributed by atoms with van der Waals surface area (Å²) in [6.45, 7) is 3.94. The van der Waals surface area contributed by atoms with Crippen molar-refractivity contribution in [3.8, 4) is 0 Å². The zero-order chi connectivity index (χ0) is 15.2. The van der Waals surface area contributed by atoms with Gasteiger partial charge in [-0.1, -0.05) is 6.07 Å². The van der Waals surface area contributed by atoms with Crippen LogP contribution in [0.15, 0.2) is 30.3 Å². The molecule has 0 aliphatic heterocycles. The molecule has 0 atom stereocenters. The van der Waals surface area contributed by atoms with Gasteiger partial charge in [-0.2, -0.15) is 0 Å². The molecular weight excluding hydrogens is 266 g/mol. The molecule has 5 nitrogen and oxygen atoms in total. The van der Waals surface area contributed by atoms with Crippen molar-refractivity contribution in [1.29, 1.82) is 0 Å². The average Bonchev–Trinajstić information content (AvgIpc) is 2.51. The van der Waals surface area contributed by atoms with Crippen LogP contribution in [-0.4, -0.2) is 44.7 Å². The number of anilines is 1. The van der Waals surface area contributed by atoms with Gasteiger partial charge >= 0.3 is 0 Å². The number of hydrogen-bond donors (Lipinski definition) is 1. The fourth-order valence-electron chi connectivity index (χ4n) is 2.15. The summed E-state index contributed by atoms with van der Waals surface area (Å²) in [5.41, 5.74) is 1.48. The summed E-state index contributed by atoms with van der Waals surface area (Å²) in [4.78, 5) is 18.7. The number of nitrogens with one attached hydrogen (secondary N) is 1. The van der Waals surface area contributed by atoms with E-state index in [1.165, 1.54) is 0 Å². The molecular formula is C16H21N3O2. The summed E-state index contributed by atoms with van der Waals surface area (Å²) in [5, 5.41) is 3.69. The fraction of sp³-hybridized carbons (Fsp3) is 0.375. The molecule has 0 unspecified atom stereocenters. The highest BCUT2D eigenvalue weighted by Gasteiger charge is 2.11. The van der Waals surface area contributed by atoms with Crippen LogP contribution in [0, 0.1) is 0 Å². The van der Waals surface area contributed by atoms with Crippen LogP contribution in [0.25, 0.3) is 10.9 Å². The lowest BCUT2D eigenvalue weighted by molar-refractivity contribution is 0.0957. The van der Waals surface area contributed by atoms with Crippen LogP contribution in [0.1, 0.15) is 17.3 Å². The number of fused-ring (bicyclic) bond motifs is 1. The largest absolute Gasteiger partial charge is 0.383 e. The Kier molecular flexibility index (Phi) is 5.11. The molecule has 0 fully saturated rings. The minimum atomic E-state index is -0.0645. The van der Waals surface area contributed by atoms with E-state index in [-0.39, 0.29) is 5.91 Å². The maximum atomic E-state index is 12.1. The molecule has 0 spiro atoms. The number of hydrogen-bond acceptors (Lipinski definition) is 4. The van der Waals surface area contributed by atoms with Gasteiger partial charge in [0, 0.05) is 38.2 Å². The third-order valence-corrected chi connectivity index (χ3v) is 3.32. The first-order chi connectivity index (χ1) is 10.2. The Hall–Kier alpha value is -2.14. The van der Waals surface area contributed by atoms with Crippen LogP contribution in [0.4, 0.5) is 5.82 Å². The van der Waals surface area contributed by atoms with Crippen molar-refractivity contribution in [2.45, 2.75) is 6.92 Å². The second-order valence-corrected chi connectivity index (χ2v) is 4.82. The summed E-state index contributed by atoms with van der Waals surface area (Å²) in [6, 6.07) is 9.49. The Bertz CT molecular complexity index is 628. The lowest BCUT2D eigenvalue weighted by Crippen LogP contribution is -2.24. The van der Waals surface area contributed by atoms with Crippen LogP contribution in [0.3, 0.4) is 0 Å². The number of aromatic nitrogens is 1. The monoisotopic (exact) mass is 287 g/mol. The fourth-order valence-corrected chi connectivity index (χ4v) is 2.15. The number of benzene rings is 1. The average molecular weight is 287 g/mol. The number of nitrogens with zero attached hydrogens (tertiary/aromatic N) is 2. The molecule has 0 aliphatic rings. The van der Waals surface area contributed by atoms with Crippen molar-refractivity contribution in [2.24, 2.45) is 0 Å². The maximum absolute atomic E-state index is 12.1. The summed E-state index contributed by atoms with van der Waals surface area (Å²) >= 11 is 0. The van der Waals surface area contributed by atoms with Gasteiger partial charge in [0.25, 0.3) is 5.91 Å². The zero-order valence-corrected chi connectivity index (χ0v) is 12.7. The van der Waals surface area contributed by atoms with Crippen LogP contribution >= 0.6 is 0 Å². The molecule has 0 radical (unpaired) electrons. The van der Waals surface area contributed by atoms with Crippen molar-refractivity contribution in [3.63, 3.8) is 0 Å². The molecule has 1 aromatic heterocycles. The zero-order valence-electron chi connectivity index (χ0n) is 12.7. The maximum Gasteiger partial charge on any atom is 0.251 e. The summed E-state index contributed by atoms with van der Waals surface area (Å²) < 4.78 is 5.08. The van der Waals surface area contributed by atoms with Gasteiger partial charge in [-0.05, 0) is 31.2 Å². The van der Waals surface area contributed by atoms with Gasteiger partial charge < -0.3 is 15.0 Å². The number of carbonyl (C=O) groups is 1. The lowest BCUT2D eigenvalue weighted by Gasteiger charge is -2.18. The third kappa shape index (κ3) is 3.49. The molecule has 21 heavy (non-hydrogen) atoms. The van der Waals surface area contributed by atoms with E-state index in [4.69, 9.17) is 4.74 Å². The van der Waals surface area contributed by atoms with Gasteiger partial charge in [-0.15, -0.1) is 0 Å². The van der Waals surface area contributed by atoms with E-state index >= 15 is 0 Å². The quantitative estimate of drug-likeness (QED) is 0.883. The van der Waals surface area contributed by atoms with Crippen molar-refractivity contribution < 1.29 is 9.53 Å². The first-order valence-corrected chi connectivity index (χ1v) is 7.05. The second kappa shape index (κ2) is 7.04. The van der Waals surface area contributed by atoms with E-state index < -0.39 is 0 Å². The third-order valence-electron chi connectivity index (χ3n) is 3.32. The normalized spacial score (nSPS) is 10.6. The molecule has 1 heterocycles. The van der Waals surface area contributed by atoms with Gasteiger partial charge in [-0.3, -0.25) is 4.79 Å². The number of rotatable bonds is 6. The van der Waals surface area contributed by atoms with Crippen LogP contribution < -0.4 is 10.2 Å². The smallest absolute Gasteiger partial charge is 0.251 e. The highest BCUT2D eigenvalue weighted by Crippen LogP contribution is 2.21. The molecule has 0 saturated carbocycles. The van der Waals surface area contributed by atoms with Gasteiger partial charge in [0.05, 0.1) is 12.1 Å². The standard InChI is InChI=1S/C16H21N3O2/c1-4-17-16(20)13-6-5-7-14-12(13)8-9-15(18-14)19(2)10-11-21-3/h5-9H,4,10-11H2,1-3H3,(H,17,20). The summed E-state index contributed by atoms with van der Waals surface area (Å²) in [6.07, 6.45) is 0. The molecule has 1 aromatic carbocycles. The first-order valence-electron chi connectivity index (χ1n) is 7.05. The highest BCUT2D eigenvalue weighted by molar-refractivity contribution is 6.06. The number of methoxy groups -OCH3 is 1. The Morgan fingerprint density at radius 1 is 1.33 bits per heavy atom. The summed E-state index contributed by atoms with van der Waals surface area (Å²) in [5.74, 6) is 0.804. The van der Waals surface area contributed by atoms with Crippen molar-refractivity contribution in [2.75, 3.05) is 38.8 Å². The Morgan fingerprint density at radius 2 is 2.14 bits per heavy atom. The molecule has 1 amide bonds. The summed E-state index contributed by atoms with van der Waals surface area (Å²) in [7, 11) is 3.65. The van der Waals surface area contributed by atoms with Crippen LogP contribution in [0.2, 0.25) is 0 Å². The number of amides is 1. The van der Waals surface area contributed by atoms with Gasteiger partial charge in [-0.25, -0.2) is 4.98 Å². The number of pyridine rings is 1. The molecule has 5 heteroatoms. The van der Waals surface area contributed by atoms with Crippen molar-refractivity contribution in [3.05, 3.63) is 35.9 Å². The Balaban J connectivity index is 2.34. The molecule has 0 saturated heterocycles. The SMILES string of the molecule is CCNC(=O)c1cccc2nc(N(C)CCOC)ccc12. The predicted octanol–water partition coefficient (Wildman–Crippen LogP) is 2.07. The number of carbonyl (C=O) groups excluding carboxylic acids is 1. The first kappa shape index (κ1) is 15.3. The van der Waals surface area contributed by atoms with Crippen molar-refractivity contribution in [1.82, 2.24) is 10.3 Å². The van der Waals surface area contributed by atoms with E-state index in [2.05, 4.69) is 10.3 Å². The minimum Gasteiger partial charge on any atom is -0.383 e. The molecule has 0 bridgehead atoms. The highest BCUT2D eigenvalue weighted by atomic mass is 16.5. The molecule has 1 N–H and O–H groups in total. The van der Waals surface area contributed by atoms with Crippen molar-refractivity contribution >= 4 is 22.6 Å². The van der Waals surface area contributed by atoms with Crippen LogP contribution in [0.5, 0.6) is 0 Å². The second-order valence-electron chi connectivity index (χ2n) is 4.82. The van der Waals surface area contributed by atoms with E-state index in [0.29, 0.717) is 18.7 Å². The number of ether oxygens (including phenoxy) is 1. The van der Waals surface area contributed by atoms with Crippen LogP contribution in [-0.2, 0) is 4.74 Å². The van der Waals surface area contributed by atoms with E-state index in [0.717, 1.165) is 23.3 Å². The van der Waals surface area contributed by atoms with E-state index in [1.54, 1.807) is 7.11 Å². The molecule has 112 valence electrons. The van der Waals surface area contributed by atoms with E-state index in [1.807, 2.05) is 49.2 Å².